The maximum absolute atomic E-state index is 12.5. The average molecular weight is 469 g/mol. The first-order chi connectivity index (χ1) is 15.3. The van der Waals surface area contributed by atoms with E-state index in [2.05, 4.69) is 10.1 Å². The van der Waals surface area contributed by atoms with E-state index in [1.807, 2.05) is 13.8 Å². The standard InChI is InChI=1S/C22H20N4O4S2/c1-3-4-19-25-26-20(23)18(21(27)24-22(26)31-19)13-15-7-9-16(10-8-15)30-32(28,29)17-11-5-14(2)6-12-17/h5-13,23H,3-4H2,1-2H3. The zero-order chi connectivity index (χ0) is 22.9. The van der Waals surface area contributed by atoms with Gasteiger partial charge in [-0.15, -0.1) is 0 Å². The van der Waals surface area contributed by atoms with E-state index < -0.39 is 16.0 Å². The minimum Gasteiger partial charge on any atom is -0.379 e. The van der Waals surface area contributed by atoms with Crippen molar-refractivity contribution in [1.82, 2.24) is 5.01 Å². The van der Waals surface area contributed by atoms with Gasteiger partial charge in [-0.2, -0.15) is 23.5 Å². The van der Waals surface area contributed by atoms with E-state index in [-0.39, 0.29) is 22.1 Å². The predicted molar refractivity (Wildman–Crippen MR) is 125 cm³/mol. The fourth-order valence-corrected chi connectivity index (χ4v) is 4.93. The van der Waals surface area contributed by atoms with E-state index in [1.165, 1.54) is 47.1 Å². The number of fused-ring (bicyclic) bond motifs is 1. The quantitative estimate of drug-likeness (QED) is 0.503. The predicted octanol–water partition coefficient (Wildman–Crippen LogP) is 4.18. The van der Waals surface area contributed by atoms with Crippen molar-refractivity contribution < 1.29 is 17.4 Å². The third-order valence-corrected chi connectivity index (χ3v) is 6.90. The van der Waals surface area contributed by atoms with Crippen molar-refractivity contribution in [3.8, 4) is 5.75 Å². The van der Waals surface area contributed by atoms with Crippen LogP contribution >= 0.6 is 11.8 Å². The Morgan fingerprint density at radius 1 is 1.12 bits per heavy atom. The number of aryl methyl sites for hydroxylation is 1. The molecule has 0 saturated heterocycles. The Labute approximate surface area is 190 Å². The number of carbonyl (C=O) groups excluding carboxylic acids is 1. The molecule has 0 aromatic heterocycles. The molecule has 0 atom stereocenters. The van der Waals surface area contributed by atoms with Gasteiger partial charge in [-0.05, 0) is 67.4 Å². The van der Waals surface area contributed by atoms with Crippen molar-refractivity contribution in [3.63, 3.8) is 0 Å². The molecular weight excluding hydrogens is 448 g/mol. The molecule has 0 aliphatic carbocycles. The van der Waals surface area contributed by atoms with Gasteiger partial charge in [0.1, 0.15) is 15.7 Å². The van der Waals surface area contributed by atoms with Crippen LogP contribution in [0.15, 0.2) is 69.1 Å². The highest BCUT2D eigenvalue weighted by atomic mass is 32.2. The lowest BCUT2D eigenvalue weighted by molar-refractivity contribution is -0.114. The first-order valence-corrected chi connectivity index (χ1v) is 12.1. The highest BCUT2D eigenvalue weighted by Gasteiger charge is 2.35. The van der Waals surface area contributed by atoms with Crippen LogP contribution in [0.1, 0.15) is 30.9 Å². The summed E-state index contributed by atoms with van der Waals surface area (Å²) in [6, 6.07) is 12.6. The molecule has 0 saturated carbocycles. The number of nitrogens with zero attached hydrogens (tertiary/aromatic N) is 3. The van der Waals surface area contributed by atoms with Crippen molar-refractivity contribution in [3.05, 3.63) is 65.2 Å². The number of amidine groups is 2. The largest absolute Gasteiger partial charge is 0.379 e. The maximum atomic E-state index is 12.5. The van der Waals surface area contributed by atoms with Crippen LogP contribution in [0.5, 0.6) is 5.75 Å². The number of hydrogen-bond acceptors (Lipinski definition) is 7. The van der Waals surface area contributed by atoms with E-state index in [9.17, 15) is 13.2 Å². The molecule has 2 aliphatic rings. The molecule has 2 heterocycles. The van der Waals surface area contributed by atoms with Gasteiger partial charge in [-0.1, -0.05) is 36.8 Å². The van der Waals surface area contributed by atoms with Crippen molar-refractivity contribution in [2.75, 3.05) is 0 Å². The molecule has 0 fully saturated rings. The molecule has 1 amide bonds. The number of rotatable bonds is 6. The molecule has 0 radical (unpaired) electrons. The van der Waals surface area contributed by atoms with E-state index >= 15 is 0 Å². The molecule has 8 nitrogen and oxygen atoms in total. The summed E-state index contributed by atoms with van der Waals surface area (Å²) in [5.74, 6) is -0.410. The summed E-state index contributed by atoms with van der Waals surface area (Å²) >= 11 is 1.30. The van der Waals surface area contributed by atoms with E-state index in [1.54, 1.807) is 24.3 Å². The topological polar surface area (TPSA) is 112 Å². The molecule has 164 valence electrons. The van der Waals surface area contributed by atoms with Gasteiger partial charge in [0.15, 0.2) is 5.84 Å². The van der Waals surface area contributed by atoms with Gasteiger partial charge in [0, 0.05) is 0 Å². The van der Waals surface area contributed by atoms with Gasteiger partial charge in [-0.3, -0.25) is 10.2 Å². The van der Waals surface area contributed by atoms with Crippen LogP contribution in [0.25, 0.3) is 6.08 Å². The highest BCUT2D eigenvalue weighted by Crippen LogP contribution is 2.30. The number of thioether (sulfide) groups is 1. The second-order valence-electron chi connectivity index (χ2n) is 7.18. The summed E-state index contributed by atoms with van der Waals surface area (Å²) in [6.45, 7) is 3.90. The summed E-state index contributed by atoms with van der Waals surface area (Å²) in [4.78, 5) is 16.6. The lowest BCUT2D eigenvalue weighted by Gasteiger charge is -2.20. The van der Waals surface area contributed by atoms with Crippen LogP contribution in [-0.2, 0) is 14.9 Å². The first kappa shape index (κ1) is 22.0. The molecule has 2 aromatic carbocycles. The zero-order valence-corrected chi connectivity index (χ0v) is 19.0. The van der Waals surface area contributed by atoms with Gasteiger partial charge >= 0.3 is 10.1 Å². The molecule has 10 heteroatoms. The average Bonchev–Trinajstić information content (AvgIpc) is 3.15. The molecule has 32 heavy (non-hydrogen) atoms. The molecule has 0 bridgehead atoms. The Hall–Kier alpha value is -3.24. The molecule has 0 spiro atoms. The maximum Gasteiger partial charge on any atom is 0.339 e. The van der Waals surface area contributed by atoms with Crippen LogP contribution in [0.2, 0.25) is 0 Å². The van der Waals surface area contributed by atoms with Crippen molar-refractivity contribution in [1.29, 1.82) is 5.41 Å². The number of hydrazone groups is 1. The number of carbonyl (C=O) groups is 1. The van der Waals surface area contributed by atoms with Gasteiger partial charge in [-0.25, -0.2) is 0 Å². The Kier molecular flexibility index (Phi) is 5.98. The number of benzene rings is 2. The van der Waals surface area contributed by atoms with E-state index in [0.717, 1.165) is 23.4 Å². The summed E-state index contributed by atoms with van der Waals surface area (Å²) in [6.07, 6.45) is 3.19. The smallest absolute Gasteiger partial charge is 0.339 e. The van der Waals surface area contributed by atoms with Crippen LogP contribution < -0.4 is 4.18 Å². The van der Waals surface area contributed by atoms with Crippen LogP contribution in [0, 0.1) is 12.3 Å². The fraction of sp³-hybridized carbons (Fsp3) is 0.182. The molecular formula is C22H20N4O4S2. The zero-order valence-electron chi connectivity index (χ0n) is 17.4. The first-order valence-electron chi connectivity index (χ1n) is 9.87. The third-order valence-electron chi connectivity index (χ3n) is 4.67. The SMILES string of the molecule is CCCC1=NN2C(=N)C(=Cc3ccc(OS(=O)(=O)c4ccc(C)cc4)cc3)C(=O)N=C2S1. The van der Waals surface area contributed by atoms with E-state index in [4.69, 9.17) is 9.59 Å². The number of amides is 1. The molecule has 0 unspecified atom stereocenters. The molecule has 2 aliphatic heterocycles. The van der Waals surface area contributed by atoms with Crippen LogP contribution in [0.3, 0.4) is 0 Å². The number of hydrogen-bond donors (Lipinski definition) is 1. The normalized spacial score (nSPS) is 17.3. The second-order valence-corrected chi connectivity index (χ2v) is 9.77. The second kappa shape index (κ2) is 8.71. The number of nitrogens with one attached hydrogen (secondary N) is 1. The lowest BCUT2D eigenvalue weighted by Crippen LogP contribution is -2.35. The van der Waals surface area contributed by atoms with Gasteiger partial charge in [0.05, 0.1) is 5.57 Å². The molecule has 2 aromatic rings. The highest BCUT2D eigenvalue weighted by molar-refractivity contribution is 8.26. The molecule has 4 rings (SSSR count). The summed E-state index contributed by atoms with van der Waals surface area (Å²) in [5.41, 5.74) is 1.65. The van der Waals surface area contributed by atoms with Gasteiger partial charge < -0.3 is 4.18 Å². The van der Waals surface area contributed by atoms with Crippen LogP contribution in [0.4, 0.5) is 0 Å². The summed E-state index contributed by atoms with van der Waals surface area (Å²) < 4.78 is 30.1. The third kappa shape index (κ3) is 4.51. The van der Waals surface area contributed by atoms with Crippen LogP contribution in [-0.4, -0.2) is 35.4 Å². The number of aliphatic imine (C=N–C) groups is 1. The minimum atomic E-state index is -3.95. The Morgan fingerprint density at radius 2 is 1.81 bits per heavy atom. The van der Waals surface area contributed by atoms with E-state index in [0.29, 0.717) is 10.7 Å². The van der Waals surface area contributed by atoms with Crippen molar-refractivity contribution in [2.45, 2.75) is 31.6 Å². The lowest BCUT2D eigenvalue weighted by atomic mass is 10.1. The fourth-order valence-electron chi connectivity index (χ4n) is 3.01. The summed E-state index contributed by atoms with van der Waals surface area (Å²) in [7, 11) is -3.95. The summed E-state index contributed by atoms with van der Waals surface area (Å²) in [5, 5.41) is 15.3. The monoisotopic (exact) mass is 468 g/mol. The van der Waals surface area contributed by atoms with Gasteiger partial charge in [0.2, 0.25) is 5.17 Å². The Bertz CT molecular complexity index is 1280. The molecule has 1 N–H and O–H groups in total. The Balaban J connectivity index is 1.53. The minimum absolute atomic E-state index is 0.0409. The van der Waals surface area contributed by atoms with Gasteiger partial charge in [0.25, 0.3) is 5.91 Å². The Morgan fingerprint density at radius 3 is 2.47 bits per heavy atom. The van der Waals surface area contributed by atoms with Crippen molar-refractivity contribution >= 4 is 49.9 Å². The van der Waals surface area contributed by atoms with Crippen molar-refractivity contribution in [2.24, 2.45) is 10.1 Å².